The number of nitrogens with zero attached hydrogens (tertiary/aromatic N) is 2. The van der Waals surface area contributed by atoms with Gasteiger partial charge in [0, 0.05) is 11.4 Å². The van der Waals surface area contributed by atoms with Crippen LogP contribution in [0, 0.1) is 0 Å². The van der Waals surface area contributed by atoms with Crippen LogP contribution in [0.1, 0.15) is 30.3 Å². The lowest BCUT2D eigenvalue weighted by Crippen LogP contribution is -2.26. The maximum absolute atomic E-state index is 11.3. The van der Waals surface area contributed by atoms with Gasteiger partial charge in [0.25, 0.3) is 5.91 Å². The van der Waals surface area contributed by atoms with Gasteiger partial charge in [-0.05, 0) is 12.8 Å². The molecular weight excluding hydrogens is 248 g/mol. The highest BCUT2D eigenvalue weighted by molar-refractivity contribution is 9.09. The second-order valence-corrected chi connectivity index (χ2v) is 4.20. The summed E-state index contributed by atoms with van der Waals surface area (Å²) in [5.41, 5.74) is 0.327. The molecule has 0 aliphatic heterocycles. The van der Waals surface area contributed by atoms with Crippen LogP contribution in [-0.4, -0.2) is 32.7 Å². The molecule has 0 bridgehead atoms. The van der Waals surface area contributed by atoms with Crippen LogP contribution in [0.5, 0.6) is 0 Å². The summed E-state index contributed by atoms with van der Waals surface area (Å²) in [7, 11) is 0. The number of hydrogen-bond acceptors (Lipinski definition) is 3. The topological polar surface area (TPSA) is 70.7 Å². The van der Waals surface area contributed by atoms with E-state index in [1.54, 1.807) is 0 Å². The van der Waals surface area contributed by atoms with E-state index in [0.29, 0.717) is 17.1 Å². The number of carbonyl (C=O) groups excluding carboxylic acids is 1. The Morgan fingerprint density at radius 3 is 3.14 bits per heavy atom. The quantitative estimate of drug-likeness (QED) is 0.779. The van der Waals surface area contributed by atoms with Crippen molar-refractivity contribution >= 4 is 21.8 Å². The predicted octanol–water partition coefficient (Wildman–Crippen LogP) is 1.10. The summed E-state index contributed by atoms with van der Waals surface area (Å²) in [5, 5.41) is 12.4. The molecule has 0 fully saturated rings. The molecule has 0 aliphatic carbocycles. The van der Waals surface area contributed by atoms with Crippen LogP contribution in [0.4, 0.5) is 0 Å². The lowest BCUT2D eigenvalue weighted by molar-refractivity contribution is 0.0948. The second-order valence-electron chi connectivity index (χ2n) is 2.91. The highest BCUT2D eigenvalue weighted by atomic mass is 79.9. The van der Waals surface area contributed by atoms with Crippen molar-refractivity contribution in [2.45, 2.75) is 24.6 Å². The van der Waals surface area contributed by atoms with Crippen molar-refractivity contribution in [1.29, 1.82) is 0 Å². The van der Waals surface area contributed by atoms with Gasteiger partial charge in [0.05, 0.1) is 6.20 Å². The summed E-state index contributed by atoms with van der Waals surface area (Å²) in [6.07, 6.45) is 3.38. The maximum atomic E-state index is 11.3. The van der Waals surface area contributed by atoms with Gasteiger partial charge in [-0.3, -0.25) is 4.79 Å². The molecule has 2 N–H and O–H groups in total. The number of aromatic amines is 1. The molecule has 1 heterocycles. The third-order valence-corrected chi connectivity index (χ3v) is 2.94. The third-order valence-electron chi connectivity index (χ3n) is 1.83. The van der Waals surface area contributed by atoms with Crippen LogP contribution in [0.15, 0.2) is 6.20 Å². The van der Waals surface area contributed by atoms with E-state index in [4.69, 9.17) is 0 Å². The number of aromatic nitrogens is 3. The molecule has 0 aromatic carbocycles. The van der Waals surface area contributed by atoms with Crippen LogP contribution < -0.4 is 5.32 Å². The van der Waals surface area contributed by atoms with E-state index in [-0.39, 0.29) is 5.91 Å². The lowest BCUT2D eigenvalue weighted by Gasteiger charge is -2.06. The summed E-state index contributed by atoms with van der Waals surface area (Å²) >= 11 is 3.49. The van der Waals surface area contributed by atoms with E-state index in [1.807, 2.05) is 0 Å². The van der Waals surface area contributed by atoms with E-state index in [2.05, 4.69) is 43.6 Å². The summed E-state index contributed by atoms with van der Waals surface area (Å²) in [5.74, 6) is -0.186. The Balaban J connectivity index is 2.23. The average molecular weight is 261 g/mol. The number of H-pyrrole nitrogens is 1. The maximum Gasteiger partial charge on any atom is 0.273 e. The van der Waals surface area contributed by atoms with Crippen LogP contribution in [0.2, 0.25) is 0 Å². The first-order chi connectivity index (χ1) is 6.74. The van der Waals surface area contributed by atoms with Gasteiger partial charge in [0.1, 0.15) is 0 Å². The fourth-order valence-electron chi connectivity index (χ4n) is 0.948. The molecule has 1 amide bonds. The Labute approximate surface area is 90.8 Å². The zero-order chi connectivity index (χ0) is 10.4. The van der Waals surface area contributed by atoms with Gasteiger partial charge < -0.3 is 5.32 Å². The summed E-state index contributed by atoms with van der Waals surface area (Å²) < 4.78 is 0. The number of amides is 1. The molecule has 0 saturated carbocycles. The van der Waals surface area contributed by atoms with Gasteiger partial charge in [0.2, 0.25) is 0 Å². The van der Waals surface area contributed by atoms with Crippen molar-refractivity contribution < 1.29 is 4.79 Å². The van der Waals surface area contributed by atoms with Crippen LogP contribution in [0.25, 0.3) is 0 Å². The van der Waals surface area contributed by atoms with Crippen LogP contribution in [0.3, 0.4) is 0 Å². The molecular formula is C8H13BrN4O. The van der Waals surface area contributed by atoms with E-state index in [0.717, 1.165) is 12.8 Å². The first-order valence-electron chi connectivity index (χ1n) is 4.52. The number of halogens is 1. The van der Waals surface area contributed by atoms with Gasteiger partial charge in [-0.1, -0.05) is 22.9 Å². The monoisotopic (exact) mass is 260 g/mol. The molecule has 6 heteroatoms. The van der Waals surface area contributed by atoms with Gasteiger partial charge in [-0.15, -0.1) is 0 Å². The van der Waals surface area contributed by atoms with Crippen molar-refractivity contribution in [2.24, 2.45) is 0 Å². The Bertz CT molecular complexity index is 275. The zero-order valence-corrected chi connectivity index (χ0v) is 9.54. The van der Waals surface area contributed by atoms with Gasteiger partial charge in [-0.2, -0.15) is 15.4 Å². The second kappa shape index (κ2) is 5.74. The first kappa shape index (κ1) is 11.2. The van der Waals surface area contributed by atoms with Crippen molar-refractivity contribution in [3.8, 4) is 0 Å². The number of hydrogen-bond donors (Lipinski definition) is 2. The lowest BCUT2D eigenvalue weighted by atomic mass is 10.2. The molecule has 5 nitrogen and oxygen atoms in total. The van der Waals surface area contributed by atoms with E-state index < -0.39 is 0 Å². The van der Waals surface area contributed by atoms with Crippen molar-refractivity contribution in [3.63, 3.8) is 0 Å². The first-order valence-corrected chi connectivity index (χ1v) is 5.43. The SMILES string of the molecule is CCC(Br)CCNC(=O)c1cn[nH]n1. The molecule has 0 spiro atoms. The van der Waals surface area contributed by atoms with Crippen molar-refractivity contribution in [2.75, 3.05) is 6.54 Å². The minimum Gasteiger partial charge on any atom is -0.351 e. The summed E-state index contributed by atoms with van der Waals surface area (Å²) in [6, 6.07) is 0. The number of rotatable bonds is 5. The van der Waals surface area contributed by atoms with Gasteiger partial charge in [0.15, 0.2) is 5.69 Å². The number of carbonyl (C=O) groups is 1. The zero-order valence-electron chi connectivity index (χ0n) is 7.96. The molecule has 0 aliphatic rings. The van der Waals surface area contributed by atoms with Crippen molar-refractivity contribution in [3.05, 3.63) is 11.9 Å². The van der Waals surface area contributed by atoms with Crippen LogP contribution in [-0.2, 0) is 0 Å². The Hall–Kier alpha value is -0.910. The predicted molar refractivity (Wildman–Crippen MR) is 56.3 cm³/mol. The van der Waals surface area contributed by atoms with Gasteiger partial charge in [-0.25, -0.2) is 0 Å². The largest absolute Gasteiger partial charge is 0.351 e. The van der Waals surface area contributed by atoms with E-state index >= 15 is 0 Å². The van der Waals surface area contributed by atoms with Crippen molar-refractivity contribution in [1.82, 2.24) is 20.7 Å². The molecule has 78 valence electrons. The van der Waals surface area contributed by atoms with E-state index in [9.17, 15) is 4.79 Å². The smallest absolute Gasteiger partial charge is 0.273 e. The number of alkyl halides is 1. The summed E-state index contributed by atoms with van der Waals surface area (Å²) in [4.78, 5) is 11.8. The molecule has 1 aromatic rings. The highest BCUT2D eigenvalue weighted by Crippen LogP contribution is 2.07. The molecule has 14 heavy (non-hydrogen) atoms. The molecule has 1 aromatic heterocycles. The third kappa shape index (κ3) is 3.45. The van der Waals surface area contributed by atoms with Crippen LogP contribution >= 0.6 is 15.9 Å². The Morgan fingerprint density at radius 2 is 2.57 bits per heavy atom. The number of nitrogens with one attached hydrogen (secondary N) is 2. The minimum atomic E-state index is -0.186. The molecule has 1 rings (SSSR count). The molecule has 1 unspecified atom stereocenters. The normalized spacial score (nSPS) is 12.4. The standard InChI is InChI=1S/C8H13BrN4O/c1-2-6(9)3-4-10-8(14)7-5-11-13-12-7/h5-6H,2-4H2,1H3,(H,10,14)(H,11,12,13). The summed E-state index contributed by atoms with van der Waals surface area (Å²) in [6.45, 7) is 2.74. The fourth-order valence-corrected chi connectivity index (χ4v) is 1.18. The highest BCUT2D eigenvalue weighted by Gasteiger charge is 2.08. The molecule has 1 atom stereocenters. The van der Waals surface area contributed by atoms with E-state index in [1.165, 1.54) is 6.20 Å². The molecule has 0 saturated heterocycles. The average Bonchev–Trinajstić information content (AvgIpc) is 2.70. The van der Waals surface area contributed by atoms with Gasteiger partial charge >= 0.3 is 0 Å². The molecule has 0 radical (unpaired) electrons. The Kier molecular flexibility index (Phi) is 4.58. The minimum absolute atomic E-state index is 0.186. The fraction of sp³-hybridized carbons (Fsp3) is 0.625. The Morgan fingerprint density at radius 1 is 1.79 bits per heavy atom.